The Morgan fingerprint density at radius 1 is 1.18 bits per heavy atom. The lowest BCUT2D eigenvalue weighted by Crippen LogP contribution is -2.38. The average molecular weight is 244 g/mol. The Morgan fingerprint density at radius 3 is 2.35 bits per heavy atom. The predicted molar refractivity (Wildman–Crippen MR) is 70.9 cm³/mol. The molecular formula is C13H28N2O2. The normalized spacial score (nSPS) is 14.5. The van der Waals surface area contributed by atoms with Gasteiger partial charge in [0.2, 0.25) is 0 Å². The fraction of sp³-hybridized carbons (Fsp3) is 0.923. The minimum atomic E-state index is -0.305. The van der Waals surface area contributed by atoms with Gasteiger partial charge in [-0.3, -0.25) is 0 Å². The molecule has 0 heterocycles. The molecule has 0 aliphatic carbocycles. The van der Waals surface area contributed by atoms with Crippen LogP contribution in [0.25, 0.3) is 0 Å². The topological polar surface area (TPSA) is 61.4 Å². The first-order valence-corrected chi connectivity index (χ1v) is 6.61. The molecule has 0 rings (SSSR count). The molecule has 0 saturated heterocycles. The van der Waals surface area contributed by atoms with Crippen LogP contribution in [0.4, 0.5) is 4.79 Å². The second-order valence-corrected chi connectivity index (χ2v) is 5.36. The molecule has 17 heavy (non-hydrogen) atoms. The number of rotatable bonds is 8. The quantitative estimate of drug-likeness (QED) is 0.573. The summed E-state index contributed by atoms with van der Waals surface area (Å²) in [5, 5.41) is 14.8. The summed E-state index contributed by atoms with van der Waals surface area (Å²) in [6.45, 7) is 9.49. The van der Waals surface area contributed by atoms with Crippen LogP contribution in [0.5, 0.6) is 0 Å². The maximum atomic E-state index is 11.4. The van der Waals surface area contributed by atoms with Gasteiger partial charge >= 0.3 is 6.03 Å². The summed E-state index contributed by atoms with van der Waals surface area (Å²) in [5.41, 5.74) is 0. The van der Waals surface area contributed by atoms with Crippen LogP contribution in [-0.4, -0.2) is 30.3 Å². The highest BCUT2D eigenvalue weighted by atomic mass is 16.3. The van der Waals surface area contributed by atoms with E-state index in [-0.39, 0.29) is 12.1 Å². The third kappa shape index (κ3) is 11.5. The first-order chi connectivity index (χ1) is 7.91. The van der Waals surface area contributed by atoms with Crippen LogP contribution in [0, 0.1) is 11.8 Å². The first-order valence-electron chi connectivity index (χ1n) is 6.61. The number of carbonyl (C=O) groups is 1. The molecule has 3 N–H and O–H groups in total. The molecule has 2 unspecified atom stereocenters. The molecular weight excluding hydrogens is 216 g/mol. The van der Waals surface area contributed by atoms with E-state index in [0.29, 0.717) is 24.8 Å². The van der Waals surface area contributed by atoms with Crippen molar-refractivity contribution in [2.24, 2.45) is 11.8 Å². The number of aliphatic hydroxyl groups excluding tert-OH is 1. The fourth-order valence-corrected chi connectivity index (χ4v) is 1.71. The van der Waals surface area contributed by atoms with E-state index in [1.54, 1.807) is 6.92 Å². The minimum absolute atomic E-state index is 0.105. The van der Waals surface area contributed by atoms with Gasteiger partial charge in [-0.25, -0.2) is 4.79 Å². The summed E-state index contributed by atoms with van der Waals surface area (Å²) in [4.78, 5) is 11.4. The maximum absolute atomic E-state index is 11.4. The minimum Gasteiger partial charge on any atom is -0.393 e. The molecule has 0 aromatic rings. The Morgan fingerprint density at radius 2 is 1.82 bits per heavy atom. The van der Waals surface area contributed by atoms with Crippen molar-refractivity contribution < 1.29 is 9.90 Å². The van der Waals surface area contributed by atoms with Crippen LogP contribution in [0.2, 0.25) is 0 Å². The number of carbonyl (C=O) groups excluding carboxylic acids is 1. The smallest absolute Gasteiger partial charge is 0.314 e. The van der Waals surface area contributed by atoms with Crippen LogP contribution in [-0.2, 0) is 0 Å². The summed E-state index contributed by atoms with van der Waals surface area (Å²) in [5.74, 6) is 0.988. The van der Waals surface area contributed by atoms with Crippen LogP contribution in [0.3, 0.4) is 0 Å². The summed E-state index contributed by atoms with van der Waals surface area (Å²) >= 11 is 0. The molecule has 2 atom stereocenters. The van der Waals surface area contributed by atoms with Crippen molar-refractivity contribution in [2.75, 3.05) is 13.1 Å². The van der Waals surface area contributed by atoms with E-state index in [4.69, 9.17) is 0 Å². The highest BCUT2D eigenvalue weighted by Crippen LogP contribution is 2.04. The molecule has 0 aromatic carbocycles. The van der Waals surface area contributed by atoms with Gasteiger partial charge in [0.25, 0.3) is 0 Å². The molecule has 0 radical (unpaired) electrons. The zero-order valence-corrected chi connectivity index (χ0v) is 11.6. The van der Waals surface area contributed by atoms with E-state index in [9.17, 15) is 9.90 Å². The lowest BCUT2D eigenvalue weighted by molar-refractivity contribution is 0.163. The molecule has 0 aliphatic rings. The van der Waals surface area contributed by atoms with Crippen molar-refractivity contribution >= 4 is 6.03 Å². The zero-order valence-electron chi connectivity index (χ0n) is 11.6. The number of hydrogen-bond donors (Lipinski definition) is 3. The Labute approximate surface area is 105 Å². The first kappa shape index (κ1) is 16.2. The fourth-order valence-electron chi connectivity index (χ4n) is 1.71. The third-order valence-electron chi connectivity index (χ3n) is 2.60. The molecule has 0 bridgehead atoms. The van der Waals surface area contributed by atoms with Crippen molar-refractivity contribution in [3.05, 3.63) is 0 Å². The van der Waals surface area contributed by atoms with Gasteiger partial charge < -0.3 is 15.7 Å². The Balaban J connectivity index is 3.46. The number of amides is 2. The zero-order chi connectivity index (χ0) is 13.3. The average Bonchev–Trinajstić information content (AvgIpc) is 2.20. The van der Waals surface area contributed by atoms with E-state index in [1.165, 1.54) is 0 Å². The molecule has 0 aromatic heterocycles. The second kappa shape index (κ2) is 9.28. The standard InChI is InChI=1S/C13H28N2O2/c1-10(2)6-5-7-14-13(17)15-9-11(3)8-12(4)16/h10-12,16H,5-9H2,1-4H3,(H2,14,15,17). The molecule has 0 spiro atoms. The van der Waals surface area contributed by atoms with Gasteiger partial charge in [0.1, 0.15) is 0 Å². The van der Waals surface area contributed by atoms with Crippen molar-refractivity contribution in [1.29, 1.82) is 0 Å². The predicted octanol–water partition coefficient (Wildman–Crippen LogP) is 2.13. The lowest BCUT2D eigenvalue weighted by Gasteiger charge is -2.14. The van der Waals surface area contributed by atoms with Crippen molar-refractivity contribution in [2.45, 2.75) is 53.1 Å². The molecule has 0 fully saturated rings. The SMILES string of the molecule is CC(C)CCCNC(=O)NCC(C)CC(C)O. The monoisotopic (exact) mass is 244 g/mol. The maximum Gasteiger partial charge on any atom is 0.314 e. The molecule has 0 aliphatic heterocycles. The molecule has 2 amide bonds. The molecule has 4 nitrogen and oxygen atoms in total. The van der Waals surface area contributed by atoms with Crippen LogP contribution in [0.1, 0.15) is 47.0 Å². The molecule has 4 heteroatoms. The van der Waals surface area contributed by atoms with Gasteiger partial charge in [-0.2, -0.15) is 0 Å². The Bertz CT molecular complexity index is 206. The van der Waals surface area contributed by atoms with E-state index >= 15 is 0 Å². The second-order valence-electron chi connectivity index (χ2n) is 5.36. The highest BCUT2D eigenvalue weighted by molar-refractivity contribution is 5.73. The van der Waals surface area contributed by atoms with Crippen molar-refractivity contribution in [3.8, 4) is 0 Å². The van der Waals surface area contributed by atoms with Crippen LogP contribution < -0.4 is 10.6 Å². The Kier molecular flexibility index (Phi) is 8.86. The number of nitrogens with one attached hydrogen (secondary N) is 2. The van der Waals surface area contributed by atoms with Crippen LogP contribution >= 0.6 is 0 Å². The number of urea groups is 1. The number of hydrogen-bond acceptors (Lipinski definition) is 2. The lowest BCUT2D eigenvalue weighted by atomic mass is 10.1. The molecule has 0 saturated carbocycles. The summed E-state index contributed by atoms with van der Waals surface area (Å²) in [7, 11) is 0. The van der Waals surface area contributed by atoms with Gasteiger partial charge in [-0.05, 0) is 38.0 Å². The van der Waals surface area contributed by atoms with Crippen LogP contribution in [0.15, 0.2) is 0 Å². The van der Waals surface area contributed by atoms with E-state index < -0.39 is 0 Å². The van der Waals surface area contributed by atoms with Crippen molar-refractivity contribution in [3.63, 3.8) is 0 Å². The van der Waals surface area contributed by atoms with E-state index in [0.717, 1.165) is 19.4 Å². The van der Waals surface area contributed by atoms with Gasteiger partial charge in [0.15, 0.2) is 0 Å². The van der Waals surface area contributed by atoms with Gasteiger partial charge in [0, 0.05) is 13.1 Å². The van der Waals surface area contributed by atoms with E-state index in [1.807, 2.05) is 6.92 Å². The Hall–Kier alpha value is -0.770. The number of aliphatic hydroxyl groups is 1. The third-order valence-corrected chi connectivity index (χ3v) is 2.60. The summed E-state index contributed by atoms with van der Waals surface area (Å²) in [6, 6.07) is -0.105. The van der Waals surface area contributed by atoms with Crippen molar-refractivity contribution in [1.82, 2.24) is 10.6 Å². The van der Waals surface area contributed by atoms with Gasteiger partial charge in [0.05, 0.1) is 6.10 Å². The largest absolute Gasteiger partial charge is 0.393 e. The van der Waals surface area contributed by atoms with E-state index in [2.05, 4.69) is 24.5 Å². The summed E-state index contributed by atoms with van der Waals surface area (Å²) in [6.07, 6.45) is 2.57. The van der Waals surface area contributed by atoms with Gasteiger partial charge in [-0.15, -0.1) is 0 Å². The van der Waals surface area contributed by atoms with Gasteiger partial charge in [-0.1, -0.05) is 20.8 Å². The highest BCUT2D eigenvalue weighted by Gasteiger charge is 2.07. The molecule has 102 valence electrons. The summed E-state index contributed by atoms with van der Waals surface area (Å²) < 4.78 is 0.